The van der Waals surface area contributed by atoms with E-state index in [1.54, 1.807) is 0 Å². The molecule has 1 unspecified atom stereocenters. The highest BCUT2D eigenvalue weighted by molar-refractivity contribution is 5.79. The molecule has 4 nitrogen and oxygen atoms in total. The number of carbonyl (C=O) groups is 1. The Morgan fingerprint density at radius 1 is 1.35 bits per heavy atom. The fraction of sp³-hybridized carbons (Fsp3) is 0.562. The van der Waals surface area contributed by atoms with E-state index >= 15 is 0 Å². The van der Waals surface area contributed by atoms with Crippen molar-refractivity contribution >= 4 is 11.6 Å². The van der Waals surface area contributed by atoms with Crippen LogP contribution in [0.2, 0.25) is 0 Å². The highest BCUT2D eigenvalue weighted by Gasteiger charge is 2.21. The minimum absolute atomic E-state index is 0.182. The van der Waals surface area contributed by atoms with E-state index in [2.05, 4.69) is 46.8 Å². The van der Waals surface area contributed by atoms with Crippen LogP contribution >= 0.6 is 0 Å². The van der Waals surface area contributed by atoms with E-state index in [-0.39, 0.29) is 11.8 Å². The lowest BCUT2D eigenvalue weighted by molar-refractivity contribution is -0.124. The number of hydrogen-bond acceptors (Lipinski definition) is 3. The number of unbranched alkanes of at least 4 members (excludes halogenated alkanes) is 1. The van der Waals surface area contributed by atoms with Gasteiger partial charge in [-0.05, 0) is 37.9 Å². The molecule has 1 fully saturated rings. The highest BCUT2D eigenvalue weighted by Crippen LogP contribution is 2.11. The quantitative estimate of drug-likeness (QED) is 0.743. The van der Waals surface area contributed by atoms with Gasteiger partial charge in [-0.3, -0.25) is 4.79 Å². The van der Waals surface area contributed by atoms with Crippen LogP contribution in [-0.2, 0) is 4.79 Å². The molecule has 1 aromatic rings. The number of benzene rings is 1. The van der Waals surface area contributed by atoms with E-state index in [0.717, 1.165) is 45.4 Å². The molecule has 110 valence electrons. The molecule has 0 aliphatic carbocycles. The van der Waals surface area contributed by atoms with Crippen molar-refractivity contribution in [2.24, 2.45) is 5.92 Å². The Hall–Kier alpha value is -1.55. The third-order valence-corrected chi connectivity index (χ3v) is 3.85. The molecular weight excluding hydrogens is 250 g/mol. The summed E-state index contributed by atoms with van der Waals surface area (Å²) >= 11 is 0. The first-order chi connectivity index (χ1) is 9.77. The molecule has 1 amide bonds. The minimum Gasteiger partial charge on any atom is -0.375 e. The molecule has 0 saturated carbocycles. The van der Waals surface area contributed by atoms with Gasteiger partial charge >= 0.3 is 0 Å². The molecule has 1 heterocycles. The lowest BCUT2D eigenvalue weighted by Crippen LogP contribution is -2.32. The first kappa shape index (κ1) is 14.9. The summed E-state index contributed by atoms with van der Waals surface area (Å²) in [5.74, 6) is 0.397. The molecule has 1 aliphatic heterocycles. The number of nitrogens with one attached hydrogen (secondary N) is 2. The second-order valence-corrected chi connectivity index (χ2v) is 5.44. The molecule has 20 heavy (non-hydrogen) atoms. The number of amides is 1. The monoisotopic (exact) mass is 275 g/mol. The van der Waals surface area contributed by atoms with Crippen LogP contribution in [0.15, 0.2) is 30.3 Å². The van der Waals surface area contributed by atoms with Crippen LogP contribution < -0.4 is 15.5 Å². The van der Waals surface area contributed by atoms with Gasteiger partial charge in [-0.15, -0.1) is 0 Å². The first-order valence-electron chi connectivity index (χ1n) is 7.52. The minimum atomic E-state index is 0.182. The SMILES string of the molecule is CN(CCCCNC(=O)C1CCNC1)c1ccccc1. The Morgan fingerprint density at radius 3 is 2.85 bits per heavy atom. The van der Waals surface area contributed by atoms with Crippen molar-refractivity contribution in [2.45, 2.75) is 19.3 Å². The van der Waals surface area contributed by atoms with Gasteiger partial charge in [0.25, 0.3) is 0 Å². The zero-order valence-corrected chi connectivity index (χ0v) is 12.3. The van der Waals surface area contributed by atoms with E-state index in [1.165, 1.54) is 5.69 Å². The van der Waals surface area contributed by atoms with E-state index in [4.69, 9.17) is 0 Å². The van der Waals surface area contributed by atoms with Crippen molar-refractivity contribution in [3.8, 4) is 0 Å². The Balaban J connectivity index is 1.56. The van der Waals surface area contributed by atoms with Gasteiger partial charge in [-0.1, -0.05) is 18.2 Å². The first-order valence-corrected chi connectivity index (χ1v) is 7.52. The van der Waals surface area contributed by atoms with E-state index in [1.807, 2.05) is 6.07 Å². The van der Waals surface area contributed by atoms with Gasteiger partial charge in [0, 0.05) is 32.4 Å². The van der Waals surface area contributed by atoms with Crippen LogP contribution in [0.25, 0.3) is 0 Å². The molecule has 1 aromatic carbocycles. The van der Waals surface area contributed by atoms with Crippen molar-refractivity contribution in [3.05, 3.63) is 30.3 Å². The maximum Gasteiger partial charge on any atom is 0.224 e. The summed E-state index contributed by atoms with van der Waals surface area (Å²) in [6.45, 7) is 3.62. The number of hydrogen-bond donors (Lipinski definition) is 2. The normalized spacial score (nSPS) is 17.9. The van der Waals surface area contributed by atoms with Crippen LogP contribution in [0.5, 0.6) is 0 Å². The summed E-state index contributed by atoms with van der Waals surface area (Å²) in [5, 5.41) is 6.26. The van der Waals surface area contributed by atoms with Gasteiger partial charge < -0.3 is 15.5 Å². The molecule has 4 heteroatoms. The predicted octanol–water partition coefficient (Wildman–Crippen LogP) is 1.63. The average Bonchev–Trinajstić information content (AvgIpc) is 3.01. The zero-order chi connectivity index (χ0) is 14.2. The van der Waals surface area contributed by atoms with E-state index < -0.39 is 0 Å². The molecule has 0 radical (unpaired) electrons. The van der Waals surface area contributed by atoms with Crippen LogP contribution in [0.3, 0.4) is 0 Å². The van der Waals surface area contributed by atoms with Crippen molar-refractivity contribution < 1.29 is 4.79 Å². The molecule has 1 saturated heterocycles. The van der Waals surface area contributed by atoms with Crippen LogP contribution in [0, 0.1) is 5.92 Å². The van der Waals surface area contributed by atoms with Crippen molar-refractivity contribution in [1.29, 1.82) is 0 Å². The van der Waals surface area contributed by atoms with Crippen LogP contribution in [-0.4, -0.2) is 39.1 Å². The molecular formula is C16H25N3O. The number of para-hydroxylation sites is 1. The van der Waals surface area contributed by atoms with Gasteiger partial charge in [0.1, 0.15) is 0 Å². The fourth-order valence-electron chi connectivity index (χ4n) is 2.52. The third-order valence-electron chi connectivity index (χ3n) is 3.85. The van der Waals surface area contributed by atoms with Crippen molar-refractivity contribution in [3.63, 3.8) is 0 Å². The number of nitrogens with zero attached hydrogens (tertiary/aromatic N) is 1. The number of carbonyl (C=O) groups excluding carboxylic acids is 1. The summed E-state index contributed by atoms with van der Waals surface area (Å²) in [7, 11) is 2.11. The maximum absolute atomic E-state index is 11.8. The number of anilines is 1. The highest BCUT2D eigenvalue weighted by atomic mass is 16.1. The lowest BCUT2D eigenvalue weighted by atomic mass is 10.1. The average molecular weight is 275 g/mol. The second-order valence-electron chi connectivity index (χ2n) is 5.44. The van der Waals surface area contributed by atoms with Gasteiger partial charge in [0.2, 0.25) is 5.91 Å². The fourth-order valence-corrected chi connectivity index (χ4v) is 2.52. The molecule has 2 N–H and O–H groups in total. The molecule has 1 atom stereocenters. The predicted molar refractivity (Wildman–Crippen MR) is 82.9 cm³/mol. The van der Waals surface area contributed by atoms with Gasteiger partial charge in [0.05, 0.1) is 5.92 Å². The molecule has 1 aliphatic rings. The Morgan fingerprint density at radius 2 is 2.15 bits per heavy atom. The largest absolute Gasteiger partial charge is 0.375 e. The Kier molecular flexibility index (Phi) is 5.87. The molecule has 0 aromatic heterocycles. The summed E-state index contributed by atoms with van der Waals surface area (Å²) in [6, 6.07) is 10.4. The second kappa shape index (κ2) is 7.90. The summed E-state index contributed by atoms with van der Waals surface area (Å²) in [5.41, 5.74) is 1.24. The maximum atomic E-state index is 11.8. The van der Waals surface area contributed by atoms with Gasteiger partial charge in [-0.2, -0.15) is 0 Å². The smallest absolute Gasteiger partial charge is 0.224 e. The Labute approximate surface area is 121 Å². The standard InChI is InChI=1S/C16H25N3O/c1-19(15-7-3-2-4-8-15)12-6-5-10-18-16(20)14-9-11-17-13-14/h2-4,7-8,14,17H,5-6,9-13H2,1H3,(H,18,20). The Bertz CT molecular complexity index is 401. The molecule has 0 spiro atoms. The topological polar surface area (TPSA) is 44.4 Å². The summed E-state index contributed by atoms with van der Waals surface area (Å²) in [4.78, 5) is 14.1. The molecule has 2 rings (SSSR count). The summed E-state index contributed by atoms with van der Waals surface area (Å²) < 4.78 is 0. The van der Waals surface area contributed by atoms with Gasteiger partial charge in [-0.25, -0.2) is 0 Å². The van der Waals surface area contributed by atoms with Crippen LogP contribution in [0.4, 0.5) is 5.69 Å². The van der Waals surface area contributed by atoms with Crippen LogP contribution in [0.1, 0.15) is 19.3 Å². The van der Waals surface area contributed by atoms with E-state index in [0.29, 0.717) is 0 Å². The van der Waals surface area contributed by atoms with E-state index in [9.17, 15) is 4.79 Å². The lowest BCUT2D eigenvalue weighted by Gasteiger charge is -2.19. The summed E-state index contributed by atoms with van der Waals surface area (Å²) in [6.07, 6.45) is 3.10. The zero-order valence-electron chi connectivity index (χ0n) is 12.3. The van der Waals surface area contributed by atoms with Crippen molar-refractivity contribution in [1.82, 2.24) is 10.6 Å². The molecule has 0 bridgehead atoms. The number of rotatable bonds is 7. The van der Waals surface area contributed by atoms with Gasteiger partial charge in [0.15, 0.2) is 0 Å². The van der Waals surface area contributed by atoms with Crippen molar-refractivity contribution in [2.75, 3.05) is 38.1 Å². The third kappa shape index (κ3) is 4.53.